The summed E-state index contributed by atoms with van der Waals surface area (Å²) in [6, 6.07) is 11.5. The SMILES string of the molecule is CN(Cc1cccc(C#N)c1)c1ncccn1. The molecule has 0 aliphatic heterocycles. The lowest BCUT2D eigenvalue weighted by atomic mass is 10.1. The molecule has 0 radical (unpaired) electrons. The maximum absolute atomic E-state index is 8.82. The van der Waals surface area contributed by atoms with Crippen LogP contribution in [0.4, 0.5) is 5.95 Å². The fourth-order valence-corrected chi connectivity index (χ4v) is 1.57. The van der Waals surface area contributed by atoms with Gasteiger partial charge in [-0.05, 0) is 23.8 Å². The van der Waals surface area contributed by atoms with Gasteiger partial charge in [0.2, 0.25) is 5.95 Å². The smallest absolute Gasteiger partial charge is 0.225 e. The summed E-state index contributed by atoms with van der Waals surface area (Å²) in [5.74, 6) is 0.676. The highest BCUT2D eigenvalue weighted by Gasteiger charge is 2.04. The van der Waals surface area contributed by atoms with Gasteiger partial charge < -0.3 is 4.90 Å². The second-order valence-electron chi connectivity index (χ2n) is 3.72. The van der Waals surface area contributed by atoms with Crippen LogP contribution in [0.3, 0.4) is 0 Å². The third-order valence-corrected chi connectivity index (χ3v) is 2.37. The highest BCUT2D eigenvalue weighted by molar-refractivity contribution is 5.36. The Kier molecular flexibility index (Phi) is 3.31. The Morgan fingerprint density at radius 1 is 1.24 bits per heavy atom. The van der Waals surface area contributed by atoms with Gasteiger partial charge in [0.1, 0.15) is 0 Å². The normalized spacial score (nSPS) is 9.65. The van der Waals surface area contributed by atoms with Crippen molar-refractivity contribution in [3.63, 3.8) is 0 Å². The largest absolute Gasteiger partial charge is 0.340 e. The average molecular weight is 224 g/mol. The molecule has 0 N–H and O–H groups in total. The topological polar surface area (TPSA) is 52.8 Å². The monoisotopic (exact) mass is 224 g/mol. The Morgan fingerprint density at radius 3 is 2.71 bits per heavy atom. The summed E-state index contributed by atoms with van der Waals surface area (Å²) >= 11 is 0. The second kappa shape index (κ2) is 5.08. The van der Waals surface area contributed by atoms with E-state index < -0.39 is 0 Å². The molecule has 1 aromatic carbocycles. The van der Waals surface area contributed by atoms with E-state index in [4.69, 9.17) is 5.26 Å². The van der Waals surface area contributed by atoms with Gasteiger partial charge in [0, 0.05) is 26.0 Å². The first kappa shape index (κ1) is 11.1. The van der Waals surface area contributed by atoms with Crippen molar-refractivity contribution in [2.75, 3.05) is 11.9 Å². The fourth-order valence-electron chi connectivity index (χ4n) is 1.57. The molecule has 84 valence electrons. The van der Waals surface area contributed by atoms with Crippen molar-refractivity contribution in [1.82, 2.24) is 9.97 Å². The molecule has 2 aromatic rings. The Labute approximate surface area is 100 Å². The van der Waals surface area contributed by atoms with Gasteiger partial charge in [-0.2, -0.15) is 5.26 Å². The van der Waals surface area contributed by atoms with E-state index in [1.54, 1.807) is 24.5 Å². The Hall–Kier alpha value is -2.41. The number of nitriles is 1. The van der Waals surface area contributed by atoms with E-state index >= 15 is 0 Å². The molecule has 0 unspecified atom stereocenters. The lowest BCUT2D eigenvalue weighted by molar-refractivity contribution is 0.866. The Morgan fingerprint density at radius 2 is 2.00 bits per heavy atom. The summed E-state index contributed by atoms with van der Waals surface area (Å²) in [5, 5.41) is 8.82. The maximum Gasteiger partial charge on any atom is 0.225 e. The number of hydrogen-bond donors (Lipinski definition) is 0. The molecule has 1 aromatic heterocycles. The molecule has 0 saturated carbocycles. The summed E-state index contributed by atoms with van der Waals surface area (Å²) in [5.41, 5.74) is 1.74. The first-order chi connectivity index (χ1) is 8.29. The standard InChI is InChI=1S/C13H12N4/c1-17(13-15-6-3-7-16-13)10-12-5-2-4-11(8-12)9-14/h2-8H,10H2,1H3. The van der Waals surface area contributed by atoms with Crippen LogP contribution < -0.4 is 4.90 Å². The lowest BCUT2D eigenvalue weighted by Gasteiger charge is -2.16. The average Bonchev–Trinajstić information content (AvgIpc) is 2.40. The van der Waals surface area contributed by atoms with Crippen molar-refractivity contribution in [2.45, 2.75) is 6.54 Å². The van der Waals surface area contributed by atoms with Gasteiger partial charge in [0.15, 0.2) is 0 Å². The first-order valence-corrected chi connectivity index (χ1v) is 5.27. The summed E-state index contributed by atoms with van der Waals surface area (Å²) < 4.78 is 0. The van der Waals surface area contributed by atoms with Gasteiger partial charge in [-0.1, -0.05) is 12.1 Å². The number of aromatic nitrogens is 2. The molecule has 0 aliphatic rings. The molecule has 0 saturated heterocycles. The number of benzene rings is 1. The van der Waals surface area contributed by atoms with Crippen LogP contribution in [0, 0.1) is 11.3 Å². The molecule has 17 heavy (non-hydrogen) atoms. The van der Waals surface area contributed by atoms with Gasteiger partial charge in [-0.15, -0.1) is 0 Å². The van der Waals surface area contributed by atoms with Crippen molar-refractivity contribution in [3.8, 4) is 6.07 Å². The summed E-state index contributed by atoms with van der Waals surface area (Å²) in [4.78, 5) is 10.3. The molecule has 0 amide bonds. The molecule has 0 bridgehead atoms. The highest BCUT2D eigenvalue weighted by Crippen LogP contribution is 2.10. The number of nitrogens with zero attached hydrogens (tertiary/aromatic N) is 4. The van der Waals surface area contributed by atoms with E-state index in [0.717, 1.165) is 5.56 Å². The zero-order chi connectivity index (χ0) is 12.1. The number of anilines is 1. The van der Waals surface area contributed by atoms with Crippen LogP contribution in [0.15, 0.2) is 42.7 Å². The van der Waals surface area contributed by atoms with E-state index in [-0.39, 0.29) is 0 Å². The van der Waals surface area contributed by atoms with Crippen molar-refractivity contribution in [3.05, 3.63) is 53.9 Å². The minimum absolute atomic E-state index is 0.671. The zero-order valence-electron chi connectivity index (χ0n) is 9.54. The molecule has 0 spiro atoms. The van der Waals surface area contributed by atoms with Gasteiger partial charge in [-0.25, -0.2) is 9.97 Å². The minimum Gasteiger partial charge on any atom is -0.340 e. The van der Waals surface area contributed by atoms with Crippen LogP contribution in [0.25, 0.3) is 0 Å². The quantitative estimate of drug-likeness (QED) is 0.800. The molecule has 4 heteroatoms. The zero-order valence-corrected chi connectivity index (χ0v) is 9.54. The van der Waals surface area contributed by atoms with Crippen LogP contribution in [-0.2, 0) is 6.54 Å². The number of hydrogen-bond acceptors (Lipinski definition) is 4. The van der Waals surface area contributed by atoms with Gasteiger partial charge in [0.25, 0.3) is 0 Å². The van der Waals surface area contributed by atoms with Crippen LogP contribution in [0.2, 0.25) is 0 Å². The van der Waals surface area contributed by atoms with E-state index in [2.05, 4.69) is 16.0 Å². The summed E-state index contributed by atoms with van der Waals surface area (Å²) in [7, 11) is 1.92. The summed E-state index contributed by atoms with van der Waals surface area (Å²) in [6.07, 6.45) is 3.43. The van der Waals surface area contributed by atoms with Crippen molar-refractivity contribution < 1.29 is 0 Å². The van der Waals surface area contributed by atoms with Crippen LogP contribution >= 0.6 is 0 Å². The fraction of sp³-hybridized carbons (Fsp3) is 0.154. The summed E-state index contributed by atoms with van der Waals surface area (Å²) in [6.45, 7) is 0.680. The van der Waals surface area contributed by atoms with Crippen LogP contribution in [0.5, 0.6) is 0 Å². The van der Waals surface area contributed by atoms with E-state index in [1.165, 1.54) is 0 Å². The third kappa shape index (κ3) is 2.79. The molecule has 0 atom stereocenters. The molecule has 0 aliphatic carbocycles. The first-order valence-electron chi connectivity index (χ1n) is 5.27. The molecule has 0 fully saturated rings. The van der Waals surface area contributed by atoms with Crippen LogP contribution in [0.1, 0.15) is 11.1 Å². The van der Waals surface area contributed by atoms with E-state index in [9.17, 15) is 0 Å². The van der Waals surface area contributed by atoms with Gasteiger partial charge in [-0.3, -0.25) is 0 Å². The van der Waals surface area contributed by atoms with Crippen molar-refractivity contribution in [1.29, 1.82) is 5.26 Å². The predicted molar refractivity (Wildman–Crippen MR) is 65.3 cm³/mol. The predicted octanol–water partition coefficient (Wildman–Crippen LogP) is 1.98. The molecule has 2 rings (SSSR count). The van der Waals surface area contributed by atoms with E-state index in [0.29, 0.717) is 18.1 Å². The second-order valence-corrected chi connectivity index (χ2v) is 3.72. The maximum atomic E-state index is 8.82. The van der Waals surface area contributed by atoms with Crippen molar-refractivity contribution in [2.24, 2.45) is 0 Å². The van der Waals surface area contributed by atoms with Crippen molar-refractivity contribution >= 4 is 5.95 Å². The third-order valence-electron chi connectivity index (χ3n) is 2.37. The Bertz CT molecular complexity index is 531. The van der Waals surface area contributed by atoms with Crippen LogP contribution in [-0.4, -0.2) is 17.0 Å². The molecule has 1 heterocycles. The minimum atomic E-state index is 0.671. The Balaban J connectivity index is 2.13. The molecule has 4 nitrogen and oxygen atoms in total. The molecular formula is C13H12N4. The highest BCUT2D eigenvalue weighted by atomic mass is 15.2. The van der Waals surface area contributed by atoms with E-state index in [1.807, 2.05) is 30.1 Å². The van der Waals surface area contributed by atoms with Gasteiger partial charge >= 0.3 is 0 Å². The lowest BCUT2D eigenvalue weighted by Crippen LogP contribution is -2.18. The molecular weight excluding hydrogens is 212 g/mol. The number of rotatable bonds is 3. The van der Waals surface area contributed by atoms with Gasteiger partial charge in [0.05, 0.1) is 11.6 Å².